The Kier molecular flexibility index (Phi) is 5.76. The first kappa shape index (κ1) is 17.3. The van der Waals surface area contributed by atoms with Crippen molar-refractivity contribution in [2.45, 2.75) is 0 Å². The molecule has 3 rings (SSSR count). The predicted molar refractivity (Wildman–Crippen MR) is 105 cm³/mol. The molecular weight excluding hydrogens is 338 g/mol. The lowest BCUT2D eigenvalue weighted by Gasteiger charge is -2.25. The van der Waals surface area contributed by atoms with E-state index in [0.29, 0.717) is 0 Å². The topological polar surface area (TPSA) is 21.7 Å². The number of rotatable bonds is 4. The largest absolute Gasteiger partial charge is 0.497 e. The molecule has 3 nitrogen and oxygen atoms in total. The van der Waals surface area contributed by atoms with Gasteiger partial charge in [0.1, 0.15) is 11.5 Å². The van der Waals surface area contributed by atoms with Crippen molar-refractivity contribution >= 4 is 29.1 Å². The molecule has 2 aromatic rings. The molecule has 0 saturated carbocycles. The van der Waals surface area contributed by atoms with Gasteiger partial charge in [-0.1, -0.05) is 24.3 Å². The molecule has 0 atom stereocenters. The molecule has 1 aliphatic heterocycles. The maximum absolute atomic E-state index is 5.29. The molecular formula is C19H21NO2S2. The molecule has 0 spiro atoms. The Hall–Kier alpha value is -1.56. The first-order valence-corrected chi connectivity index (χ1v) is 9.65. The second-order valence-electron chi connectivity index (χ2n) is 5.52. The number of hydrogen-bond acceptors (Lipinski definition) is 5. The van der Waals surface area contributed by atoms with Crippen LogP contribution in [0.3, 0.4) is 0 Å². The first-order valence-electron chi connectivity index (χ1n) is 7.68. The van der Waals surface area contributed by atoms with E-state index in [2.05, 4.69) is 36.2 Å². The lowest BCUT2D eigenvalue weighted by Crippen LogP contribution is -2.20. The summed E-state index contributed by atoms with van der Waals surface area (Å²) < 4.78 is 12.0. The van der Waals surface area contributed by atoms with E-state index in [9.17, 15) is 0 Å². The summed E-state index contributed by atoms with van der Waals surface area (Å²) in [6.45, 7) is 0. The third-order valence-electron chi connectivity index (χ3n) is 3.79. The number of thioether (sulfide) groups is 2. The van der Waals surface area contributed by atoms with E-state index < -0.39 is 0 Å². The fourth-order valence-corrected chi connectivity index (χ4v) is 4.86. The quantitative estimate of drug-likeness (QED) is 0.783. The van der Waals surface area contributed by atoms with Crippen LogP contribution >= 0.6 is 23.5 Å². The van der Waals surface area contributed by atoms with Gasteiger partial charge >= 0.3 is 0 Å². The third kappa shape index (κ3) is 3.91. The highest BCUT2D eigenvalue weighted by Crippen LogP contribution is 2.43. The van der Waals surface area contributed by atoms with Crippen LogP contribution in [-0.4, -0.2) is 37.9 Å². The molecule has 1 fully saturated rings. The van der Waals surface area contributed by atoms with Crippen LogP contribution in [0.1, 0.15) is 11.1 Å². The molecule has 2 aromatic carbocycles. The van der Waals surface area contributed by atoms with Gasteiger partial charge in [0.05, 0.1) is 30.2 Å². The fraction of sp³-hybridized carbons (Fsp3) is 0.263. The molecule has 0 N–H and O–H groups in total. The van der Waals surface area contributed by atoms with Crippen LogP contribution in [0.25, 0.3) is 5.57 Å². The number of nitrogens with zero attached hydrogens (tertiary/aromatic N) is 1. The number of benzene rings is 2. The van der Waals surface area contributed by atoms with Crippen molar-refractivity contribution in [3.05, 3.63) is 63.9 Å². The molecule has 5 heteroatoms. The van der Waals surface area contributed by atoms with Crippen molar-refractivity contribution in [2.75, 3.05) is 33.0 Å². The van der Waals surface area contributed by atoms with Gasteiger partial charge in [-0.05, 0) is 42.4 Å². The lowest BCUT2D eigenvalue weighted by atomic mass is 9.99. The smallest absolute Gasteiger partial charge is 0.118 e. The van der Waals surface area contributed by atoms with Gasteiger partial charge < -0.3 is 9.47 Å². The Morgan fingerprint density at radius 1 is 0.792 bits per heavy atom. The highest BCUT2D eigenvalue weighted by Gasteiger charge is 2.18. The Morgan fingerprint density at radius 3 is 1.58 bits per heavy atom. The summed E-state index contributed by atoms with van der Waals surface area (Å²) in [5.74, 6) is 3.78. The first-order chi connectivity index (χ1) is 11.7. The van der Waals surface area contributed by atoms with E-state index in [0.717, 1.165) is 23.3 Å². The van der Waals surface area contributed by atoms with Crippen LogP contribution in [0.5, 0.6) is 11.5 Å². The summed E-state index contributed by atoms with van der Waals surface area (Å²) in [6.07, 6.45) is 0. The van der Waals surface area contributed by atoms with E-state index in [1.165, 1.54) is 20.9 Å². The molecule has 0 aliphatic carbocycles. The van der Waals surface area contributed by atoms with Gasteiger partial charge in [-0.15, -0.1) is 23.5 Å². The third-order valence-corrected chi connectivity index (χ3v) is 6.57. The molecule has 126 valence electrons. The van der Waals surface area contributed by atoms with Crippen LogP contribution in [0.2, 0.25) is 0 Å². The Balaban J connectivity index is 2.03. The van der Waals surface area contributed by atoms with E-state index >= 15 is 0 Å². The molecule has 0 unspecified atom stereocenters. The summed E-state index contributed by atoms with van der Waals surface area (Å²) in [7, 11) is 5.54. The number of hydrogen-bond donors (Lipinski definition) is 0. The highest BCUT2D eigenvalue weighted by atomic mass is 32.2. The maximum Gasteiger partial charge on any atom is 0.118 e. The fourth-order valence-electron chi connectivity index (χ4n) is 2.48. The van der Waals surface area contributed by atoms with E-state index in [4.69, 9.17) is 9.47 Å². The van der Waals surface area contributed by atoms with Crippen LogP contribution < -0.4 is 9.47 Å². The summed E-state index contributed by atoms with van der Waals surface area (Å²) in [5.41, 5.74) is 3.70. The van der Waals surface area contributed by atoms with Crippen molar-refractivity contribution in [3.63, 3.8) is 0 Å². The average Bonchev–Trinajstić information content (AvgIpc) is 2.64. The van der Waals surface area contributed by atoms with Gasteiger partial charge in [0.15, 0.2) is 0 Å². The molecule has 1 saturated heterocycles. The van der Waals surface area contributed by atoms with Gasteiger partial charge in [0.25, 0.3) is 0 Å². The van der Waals surface area contributed by atoms with Gasteiger partial charge in [0.2, 0.25) is 0 Å². The summed E-state index contributed by atoms with van der Waals surface area (Å²) >= 11 is 3.79. The minimum Gasteiger partial charge on any atom is -0.497 e. The lowest BCUT2D eigenvalue weighted by molar-refractivity contribution is 0.414. The Bertz CT molecular complexity index is 652. The predicted octanol–water partition coefficient (Wildman–Crippen LogP) is 4.75. The van der Waals surface area contributed by atoms with Crippen LogP contribution in [0.15, 0.2) is 52.8 Å². The van der Waals surface area contributed by atoms with Crippen molar-refractivity contribution in [2.24, 2.45) is 0 Å². The maximum atomic E-state index is 5.29. The Morgan fingerprint density at radius 2 is 1.21 bits per heavy atom. The second kappa shape index (κ2) is 8.01. The minimum atomic E-state index is 0.876. The highest BCUT2D eigenvalue weighted by molar-refractivity contribution is 8.23. The van der Waals surface area contributed by atoms with Crippen LogP contribution in [0, 0.1) is 0 Å². The van der Waals surface area contributed by atoms with Crippen LogP contribution in [0.4, 0.5) is 0 Å². The normalized spacial score (nSPS) is 15.2. The van der Waals surface area contributed by atoms with Gasteiger partial charge in [-0.3, -0.25) is 4.90 Å². The summed E-state index contributed by atoms with van der Waals surface area (Å²) in [6, 6.07) is 16.6. The second-order valence-corrected chi connectivity index (χ2v) is 7.69. The van der Waals surface area contributed by atoms with Crippen LogP contribution in [-0.2, 0) is 0 Å². The Labute approximate surface area is 152 Å². The van der Waals surface area contributed by atoms with Gasteiger partial charge in [-0.25, -0.2) is 0 Å². The van der Waals surface area contributed by atoms with Crippen molar-refractivity contribution < 1.29 is 9.47 Å². The van der Waals surface area contributed by atoms with Crippen molar-refractivity contribution in [1.29, 1.82) is 0 Å². The molecule has 0 bridgehead atoms. The van der Waals surface area contributed by atoms with E-state index in [-0.39, 0.29) is 0 Å². The molecule has 1 heterocycles. The molecule has 0 radical (unpaired) electrons. The van der Waals surface area contributed by atoms with Gasteiger partial charge in [-0.2, -0.15) is 0 Å². The number of methoxy groups -OCH3 is 2. The zero-order valence-electron chi connectivity index (χ0n) is 14.1. The van der Waals surface area contributed by atoms with Crippen molar-refractivity contribution in [1.82, 2.24) is 4.90 Å². The number of ether oxygens (including phenoxy) is 2. The summed E-state index contributed by atoms with van der Waals surface area (Å²) in [5, 5.41) is 0. The monoisotopic (exact) mass is 359 g/mol. The minimum absolute atomic E-state index is 0.876. The zero-order valence-corrected chi connectivity index (χ0v) is 15.7. The standard InChI is InChI=1S/C19H21NO2S2/c1-20-12-23-19(24-13-20)18(14-4-8-16(21-2)9-5-14)15-6-10-17(22-3)11-7-15/h4-11H,12-13H2,1-3H3. The van der Waals surface area contributed by atoms with Crippen molar-refractivity contribution in [3.8, 4) is 11.5 Å². The average molecular weight is 360 g/mol. The van der Waals surface area contributed by atoms with Gasteiger partial charge in [0, 0.05) is 5.57 Å². The molecule has 0 aromatic heterocycles. The summed E-state index contributed by atoms with van der Waals surface area (Å²) in [4.78, 5) is 2.32. The van der Waals surface area contributed by atoms with E-state index in [1.807, 2.05) is 47.8 Å². The SMILES string of the molecule is COc1ccc(C(=C2SCN(C)CS2)c2ccc(OC)cc2)cc1. The van der Waals surface area contributed by atoms with E-state index in [1.54, 1.807) is 14.2 Å². The molecule has 1 aliphatic rings. The zero-order chi connectivity index (χ0) is 16.9. The molecule has 24 heavy (non-hydrogen) atoms. The molecule has 0 amide bonds.